The molecule has 144 valence electrons. The smallest absolute Gasteiger partial charge is 0.335 e. The number of carbonyl (C=O) groups is 4. The minimum Gasteiger partial charge on any atom is -0.478 e. The molecule has 0 radical (unpaired) electrons. The number of fused-ring (bicyclic) bond motifs is 1. The summed E-state index contributed by atoms with van der Waals surface area (Å²) in [5.74, 6) is -2.42. The Morgan fingerprint density at radius 3 is 2.14 bits per heavy atom. The number of hydrogen-bond donors (Lipinski definition) is 2. The number of carboxylic acid groups (broad SMARTS) is 1. The predicted octanol–water partition coefficient (Wildman–Crippen LogP) is 3.34. The lowest BCUT2D eigenvalue weighted by molar-refractivity contribution is 0.0506. The summed E-state index contributed by atoms with van der Waals surface area (Å²) in [6.07, 6.45) is 0. The third-order valence-electron chi connectivity index (χ3n) is 4.55. The highest BCUT2D eigenvalue weighted by Gasteiger charge is 2.42. The van der Waals surface area contributed by atoms with Gasteiger partial charge < -0.3 is 10.4 Å². The average Bonchev–Trinajstić information content (AvgIpc) is 2.86. The van der Waals surface area contributed by atoms with E-state index in [1.54, 1.807) is 33.8 Å². The van der Waals surface area contributed by atoms with Crippen LogP contribution >= 0.6 is 0 Å². The van der Waals surface area contributed by atoms with E-state index in [1.807, 2.05) is 0 Å². The van der Waals surface area contributed by atoms with Crippen LogP contribution in [0.1, 0.15) is 67.8 Å². The number of benzene rings is 2. The van der Waals surface area contributed by atoms with Gasteiger partial charge in [-0.25, -0.2) is 4.79 Å². The summed E-state index contributed by atoms with van der Waals surface area (Å²) in [5.41, 5.74) is 1.09. The van der Waals surface area contributed by atoms with Gasteiger partial charge >= 0.3 is 5.97 Å². The Hall–Kier alpha value is -3.48. The Balaban J connectivity index is 1.92. The number of aryl methyl sites for hydroxylation is 1. The van der Waals surface area contributed by atoms with Crippen LogP contribution in [-0.2, 0) is 0 Å². The predicted molar refractivity (Wildman–Crippen MR) is 103 cm³/mol. The largest absolute Gasteiger partial charge is 0.478 e. The van der Waals surface area contributed by atoms with Gasteiger partial charge in [0.05, 0.1) is 16.7 Å². The first-order chi connectivity index (χ1) is 13.0. The van der Waals surface area contributed by atoms with Crippen LogP contribution in [0, 0.1) is 6.92 Å². The summed E-state index contributed by atoms with van der Waals surface area (Å²) < 4.78 is 0. The first-order valence-electron chi connectivity index (χ1n) is 8.69. The molecule has 1 heterocycles. The average molecular weight is 380 g/mol. The summed E-state index contributed by atoms with van der Waals surface area (Å²) in [5, 5.41) is 11.8. The van der Waals surface area contributed by atoms with Crippen LogP contribution in [0.2, 0.25) is 0 Å². The highest BCUT2D eigenvalue weighted by molar-refractivity contribution is 6.22. The highest BCUT2D eigenvalue weighted by Crippen LogP contribution is 2.30. The fourth-order valence-corrected chi connectivity index (χ4v) is 3.08. The monoisotopic (exact) mass is 380 g/mol. The van der Waals surface area contributed by atoms with Gasteiger partial charge in [-0.2, -0.15) is 0 Å². The fourth-order valence-electron chi connectivity index (χ4n) is 3.08. The molecule has 0 saturated heterocycles. The topological polar surface area (TPSA) is 104 Å². The molecule has 1 aliphatic heterocycles. The van der Waals surface area contributed by atoms with Crippen molar-refractivity contribution in [1.82, 2.24) is 4.90 Å². The summed E-state index contributed by atoms with van der Waals surface area (Å²) in [6, 6.07) is 8.77. The molecule has 0 fully saturated rings. The van der Waals surface area contributed by atoms with E-state index in [0.717, 1.165) is 0 Å². The standard InChI is InChI=1S/C21H20N2O5/c1-11-5-6-13(20(27)28)10-16(11)22-17(24)12-7-8-14-15(9-12)19(26)23(18(14)25)21(2,3)4/h5-10H,1-4H3,(H,22,24)(H,27,28). The zero-order chi connectivity index (χ0) is 20.8. The van der Waals surface area contributed by atoms with Crippen molar-refractivity contribution in [3.63, 3.8) is 0 Å². The number of rotatable bonds is 3. The number of carboxylic acids is 1. The van der Waals surface area contributed by atoms with Crippen LogP contribution in [0.15, 0.2) is 36.4 Å². The minimum atomic E-state index is -1.10. The van der Waals surface area contributed by atoms with Gasteiger partial charge in [-0.05, 0) is 63.6 Å². The Labute approximate surface area is 162 Å². The molecule has 1 aliphatic rings. The third kappa shape index (κ3) is 3.26. The van der Waals surface area contributed by atoms with Crippen molar-refractivity contribution >= 4 is 29.4 Å². The van der Waals surface area contributed by atoms with E-state index >= 15 is 0 Å². The van der Waals surface area contributed by atoms with Gasteiger partial charge in [-0.15, -0.1) is 0 Å². The summed E-state index contributed by atoms with van der Waals surface area (Å²) >= 11 is 0. The quantitative estimate of drug-likeness (QED) is 0.795. The first-order valence-corrected chi connectivity index (χ1v) is 8.69. The molecule has 7 heteroatoms. The number of hydrogen-bond acceptors (Lipinski definition) is 4. The molecule has 0 atom stereocenters. The van der Waals surface area contributed by atoms with Crippen LogP contribution in [0.3, 0.4) is 0 Å². The number of anilines is 1. The van der Waals surface area contributed by atoms with Crippen LogP contribution in [-0.4, -0.2) is 39.2 Å². The van der Waals surface area contributed by atoms with Crippen molar-refractivity contribution < 1.29 is 24.3 Å². The highest BCUT2D eigenvalue weighted by atomic mass is 16.4. The number of imide groups is 1. The van der Waals surface area contributed by atoms with Crippen LogP contribution < -0.4 is 5.32 Å². The Morgan fingerprint density at radius 2 is 1.54 bits per heavy atom. The molecule has 7 nitrogen and oxygen atoms in total. The molecule has 0 spiro atoms. The lowest BCUT2D eigenvalue weighted by Crippen LogP contribution is -2.45. The van der Waals surface area contributed by atoms with E-state index in [1.165, 1.54) is 35.2 Å². The summed E-state index contributed by atoms with van der Waals surface area (Å²) in [6.45, 7) is 7.04. The fraction of sp³-hybridized carbons (Fsp3) is 0.238. The molecule has 2 N–H and O–H groups in total. The molecule has 3 rings (SSSR count). The van der Waals surface area contributed by atoms with Crippen molar-refractivity contribution in [2.45, 2.75) is 33.2 Å². The van der Waals surface area contributed by atoms with Crippen molar-refractivity contribution in [2.24, 2.45) is 0 Å². The van der Waals surface area contributed by atoms with Gasteiger partial charge in [0.15, 0.2) is 0 Å². The van der Waals surface area contributed by atoms with Crippen molar-refractivity contribution in [3.8, 4) is 0 Å². The second-order valence-electron chi connectivity index (χ2n) is 7.67. The van der Waals surface area contributed by atoms with Crippen molar-refractivity contribution in [3.05, 3.63) is 64.2 Å². The lowest BCUT2D eigenvalue weighted by atomic mass is 10.0. The van der Waals surface area contributed by atoms with E-state index in [9.17, 15) is 19.2 Å². The summed E-state index contributed by atoms with van der Waals surface area (Å²) in [4.78, 5) is 50.2. The van der Waals surface area contributed by atoms with E-state index in [0.29, 0.717) is 11.3 Å². The first kappa shape index (κ1) is 19.3. The summed E-state index contributed by atoms with van der Waals surface area (Å²) in [7, 11) is 0. The SMILES string of the molecule is Cc1ccc(C(=O)O)cc1NC(=O)c1ccc2c(c1)C(=O)N(C(C)(C)C)C2=O. The van der Waals surface area contributed by atoms with Gasteiger partial charge in [-0.1, -0.05) is 6.07 Å². The maximum atomic E-state index is 12.7. The zero-order valence-corrected chi connectivity index (χ0v) is 16.0. The molecule has 0 unspecified atom stereocenters. The van der Waals surface area contributed by atoms with Gasteiger partial charge in [0.2, 0.25) is 0 Å². The molecule has 3 amide bonds. The van der Waals surface area contributed by atoms with Crippen LogP contribution in [0.4, 0.5) is 5.69 Å². The zero-order valence-electron chi connectivity index (χ0n) is 16.0. The van der Waals surface area contributed by atoms with E-state index in [2.05, 4.69) is 5.32 Å². The Bertz CT molecular complexity index is 1030. The van der Waals surface area contributed by atoms with Gasteiger partial charge in [0.25, 0.3) is 17.7 Å². The number of amides is 3. The molecule has 0 aliphatic carbocycles. The minimum absolute atomic E-state index is 0.0523. The van der Waals surface area contributed by atoms with Gasteiger partial charge in [0.1, 0.15) is 0 Å². The van der Waals surface area contributed by atoms with Gasteiger partial charge in [0, 0.05) is 16.8 Å². The maximum absolute atomic E-state index is 12.7. The molecule has 2 aromatic carbocycles. The number of nitrogens with zero attached hydrogens (tertiary/aromatic N) is 1. The molecule has 2 aromatic rings. The second kappa shape index (κ2) is 6.60. The van der Waals surface area contributed by atoms with E-state index < -0.39 is 23.3 Å². The second-order valence-corrected chi connectivity index (χ2v) is 7.67. The van der Waals surface area contributed by atoms with Crippen LogP contribution in [0.5, 0.6) is 0 Å². The number of carbonyl (C=O) groups excluding carboxylic acids is 3. The maximum Gasteiger partial charge on any atom is 0.335 e. The normalized spacial score (nSPS) is 13.5. The molecular weight excluding hydrogens is 360 g/mol. The van der Waals surface area contributed by atoms with E-state index in [4.69, 9.17) is 5.11 Å². The molecule has 0 saturated carbocycles. The van der Waals surface area contributed by atoms with Crippen molar-refractivity contribution in [2.75, 3.05) is 5.32 Å². The Morgan fingerprint density at radius 1 is 0.929 bits per heavy atom. The van der Waals surface area contributed by atoms with Gasteiger partial charge in [-0.3, -0.25) is 19.3 Å². The number of nitrogens with one attached hydrogen (secondary N) is 1. The molecule has 0 aromatic heterocycles. The molecule has 28 heavy (non-hydrogen) atoms. The van der Waals surface area contributed by atoms with E-state index in [-0.39, 0.29) is 28.2 Å². The lowest BCUT2D eigenvalue weighted by Gasteiger charge is -2.29. The Kier molecular flexibility index (Phi) is 4.54. The van der Waals surface area contributed by atoms with Crippen molar-refractivity contribution in [1.29, 1.82) is 0 Å². The third-order valence-corrected chi connectivity index (χ3v) is 4.55. The molecule has 0 bridgehead atoms. The molecular formula is C21H20N2O5. The van der Waals surface area contributed by atoms with Crippen LogP contribution in [0.25, 0.3) is 0 Å². The number of aromatic carboxylic acids is 1.